The van der Waals surface area contributed by atoms with E-state index in [4.69, 9.17) is 5.73 Å². The third-order valence-corrected chi connectivity index (χ3v) is 5.34. The Labute approximate surface area is 165 Å². The normalized spacial score (nSPS) is 16.5. The van der Waals surface area contributed by atoms with Crippen LogP contribution in [0, 0.1) is 0 Å². The molecule has 6 nitrogen and oxygen atoms in total. The molecule has 148 valence electrons. The van der Waals surface area contributed by atoms with E-state index in [-0.39, 0.29) is 17.9 Å². The lowest BCUT2D eigenvalue weighted by molar-refractivity contribution is -0.137. The zero-order chi connectivity index (χ0) is 20.2. The van der Waals surface area contributed by atoms with E-state index in [1.54, 1.807) is 20.0 Å². The van der Waals surface area contributed by atoms with Crippen molar-refractivity contribution >= 4 is 11.8 Å². The van der Waals surface area contributed by atoms with Gasteiger partial charge >= 0.3 is 0 Å². The molecule has 1 unspecified atom stereocenters. The minimum atomic E-state index is -1.07. The first-order chi connectivity index (χ1) is 13.3. The Hall–Kier alpha value is -2.73. The zero-order valence-electron chi connectivity index (χ0n) is 16.4. The number of aromatic nitrogens is 1. The van der Waals surface area contributed by atoms with Crippen molar-refractivity contribution in [1.82, 2.24) is 15.6 Å². The first-order valence-electron chi connectivity index (χ1n) is 9.67. The minimum absolute atomic E-state index is 0.254. The number of carbonyl (C=O) groups is 2. The van der Waals surface area contributed by atoms with Gasteiger partial charge in [0.05, 0.1) is 11.6 Å². The van der Waals surface area contributed by atoms with E-state index in [9.17, 15) is 9.59 Å². The molecular weight excluding hydrogens is 352 g/mol. The van der Waals surface area contributed by atoms with E-state index in [0.717, 1.165) is 17.7 Å². The van der Waals surface area contributed by atoms with Crippen LogP contribution in [0.5, 0.6) is 0 Å². The lowest BCUT2D eigenvalue weighted by Gasteiger charge is -2.39. The number of benzene rings is 1. The monoisotopic (exact) mass is 380 g/mol. The lowest BCUT2D eigenvalue weighted by Crippen LogP contribution is -2.65. The van der Waals surface area contributed by atoms with Gasteiger partial charge in [-0.3, -0.25) is 14.6 Å². The largest absolute Gasteiger partial charge is 0.347 e. The van der Waals surface area contributed by atoms with Crippen molar-refractivity contribution in [3.05, 3.63) is 66.0 Å². The molecule has 0 saturated heterocycles. The fraction of sp³-hybridized carbons (Fsp3) is 0.409. The van der Waals surface area contributed by atoms with E-state index in [1.807, 2.05) is 48.5 Å². The molecule has 1 aliphatic carbocycles. The van der Waals surface area contributed by atoms with Gasteiger partial charge in [0.25, 0.3) is 0 Å². The van der Waals surface area contributed by atoms with Crippen LogP contribution in [0.4, 0.5) is 0 Å². The third kappa shape index (κ3) is 4.57. The number of nitrogens with zero attached hydrogens (tertiary/aromatic N) is 1. The highest BCUT2D eigenvalue weighted by atomic mass is 16.2. The summed E-state index contributed by atoms with van der Waals surface area (Å²) in [6.45, 7) is 3.40. The molecule has 4 N–H and O–H groups in total. The molecule has 1 atom stereocenters. The van der Waals surface area contributed by atoms with Gasteiger partial charge in [0.15, 0.2) is 0 Å². The first kappa shape index (κ1) is 20.0. The van der Waals surface area contributed by atoms with E-state index >= 15 is 0 Å². The van der Waals surface area contributed by atoms with Gasteiger partial charge in [0.1, 0.15) is 5.54 Å². The van der Waals surface area contributed by atoms with Gasteiger partial charge in [0, 0.05) is 18.3 Å². The van der Waals surface area contributed by atoms with E-state index in [1.165, 1.54) is 0 Å². The SMILES string of the molecule is CC(C)(NC(=O)C1(N)CCC1)C(=O)NC(Cc1ccccn1)c1ccccc1. The molecule has 0 bridgehead atoms. The van der Waals surface area contributed by atoms with E-state index in [0.29, 0.717) is 19.3 Å². The number of rotatable bonds is 7. The average Bonchev–Trinajstić information content (AvgIpc) is 2.66. The Morgan fingerprint density at radius 1 is 1.14 bits per heavy atom. The number of pyridine rings is 1. The predicted octanol–water partition coefficient (Wildman–Crippen LogP) is 2.26. The molecule has 28 heavy (non-hydrogen) atoms. The Bertz CT molecular complexity index is 817. The van der Waals surface area contributed by atoms with Crippen molar-refractivity contribution in [2.75, 3.05) is 0 Å². The van der Waals surface area contributed by atoms with Gasteiger partial charge in [0.2, 0.25) is 11.8 Å². The van der Waals surface area contributed by atoms with Gasteiger partial charge in [-0.1, -0.05) is 36.4 Å². The Kier molecular flexibility index (Phi) is 5.79. The smallest absolute Gasteiger partial charge is 0.245 e. The highest BCUT2D eigenvalue weighted by Gasteiger charge is 2.43. The molecule has 1 saturated carbocycles. The quantitative estimate of drug-likeness (QED) is 0.686. The molecule has 1 aromatic carbocycles. The fourth-order valence-electron chi connectivity index (χ4n) is 3.25. The maximum atomic E-state index is 13.0. The summed E-state index contributed by atoms with van der Waals surface area (Å²) >= 11 is 0. The van der Waals surface area contributed by atoms with Gasteiger partial charge in [-0.15, -0.1) is 0 Å². The van der Waals surface area contributed by atoms with Crippen molar-refractivity contribution in [3.8, 4) is 0 Å². The number of nitrogens with one attached hydrogen (secondary N) is 2. The summed E-state index contributed by atoms with van der Waals surface area (Å²) in [5, 5.41) is 5.91. The van der Waals surface area contributed by atoms with Gasteiger partial charge in [-0.25, -0.2) is 0 Å². The molecule has 6 heteroatoms. The van der Waals surface area contributed by atoms with Crippen LogP contribution in [-0.2, 0) is 16.0 Å². The molecule has 0 spiro atoms. The minimum Gasteiger partial charge on any atom is -0.347 e. The van der Waals surface area contributed by atoms with Crippen molar-refractivity contribution < 1.29 is 9.59 Å². The molecule has 1 heterocycles. The highest BCUT2D eigenvalue weighted by molar-refractivity contribution is 5.94. The maximum Gasteiger partial charge on any atom is 0.245 e. The van der Waals surface area contributed by atoms with Gasteiger partial charge in [-0.2, -0.15) is 0 Å². The van der Waals surface area contributed by atoms with Gasteiger partial charge < -0.3 is 16.4 Å². The van der Waals surface area contributed by atoms with Crippen LogP contribution in [0.2, 0.25) is 0 Å². The summed E-state index contributed by atoms with van der Waals surface area (Å²) in [5.41, 5.74) is 6.05. The number of amides is 2. The number of nitrogens with two attached hydrogens (primary N) is 1. The summed E-state index contributed by atoms with van der Waals surface area (Å²) in [7, 11) is 0. The highest BCUT2D eigenvalue weighted by Crippen LogP contribution is 2.29. The maximum absolute atomic E-state index is 13.0. The van der Waals surface area contributed by atoms with E-state index in [2.05, 4.69) is 15.6 Å². The van der Waals surface area contributed by atoms with Crippen LogP contribution in [0.15, 0.2) is 54.7 Å². The average molecular weight is 380 g/mol. The number of hydrogen-bond donors (Lipinski definition) is 3. The number of hydrogen-bond acceptors (Lipinski definition) is 4. The first-order valence-corrected chi connectivity index (χ1v) is 9.67. The Morgan fingerprint density at radius 2 is 1.82 bits per heavy atom. The molecule has 3 rings (SSSR count). The second-order valence-corrected chi connectivity index (χ2v) is 8.05. The summed E-state index contributed by atoms with van der Waals surface area (Å²) in [6, 6.07) is 15.2. The molecule has 0 aliphatic heterocycles. The molecule has 1 aliphatic rings. The van der Waals surface area contributed by atoms with Crippen LogP contribution >= 0.6 is 0 Å². The lowest BCUT2D eigenvalue weighted by atomic mass is 9.76. The fourth-order valence-corrected chi connectivity index (χ4v) is 3.25. The third-order valence-electron chi connectivity index (χ3n) is 5.34. The van der Waals surface area contributed by atoms with Gasteiger partial charge in [-0.05, 0) is 50.8 Å². The summed E-state index contributed by atoms with van der Waals surface area (Å²) in [6.07, 6.45) is 4.55. The predicted molar refractivity (Wildman–Crippen MR) is 108 cm³/mol. The summed E-state index contributed by atoms with van der Waals surface area (Å²) < 4.78 is 0. The molecule has 2 aromatic rings. The summed E-state index contributed by atoms with van der Waals surface area (Å²) in [4.78, 5) is 29.9. The Morgan fingerprint density at radius 3 is 2.39 bits per heavy atom. The van der Waals surface area contributed by atoms with Crippen LogP contribution in [0.1, 0.15) is 50.4 Å². The molecular formula is C22H28N4O2. The summed E-state index contributed by atoms with van der Waals surface area (Å²) in [5.74, 6) is -0.520. The van der Waals surface area contributed by atoms with Crippen molar-refractivity contribution in [2.45, 2.75) is 56.7 Å². The van der Waals surface area contributed by atoms with Crippen LogP contribution < -0.4 is 16.4 Å². The van der Waals surface area contributed by atoms with E-state index < -0.39 is 11.1 Å². The zero-order valence-corrected chi connectivity index (χ0v) is 16.4. The van der Waals surface area contributed by atoms with Crippen molar-refractivity contribution in [3.63, 3.8) is 0 Å². The standard InChI is InChI=1S/C22H28N4O2/c1-21(2,26-20(28)22(23)12-8-13-22)19(27)25-18(16-9-4-3-5-10-16)15-17-11-6-7-14-24-17/h3-7,9-11,14,18H,8,12-13,15,23H2,1-2H3,(H,25,27)(H,26,28). The van der Waals surface area contributed by atoms with Crippen molar-refractivity contribution in [1.29, 1.82) is 0 Å². The Balaban J connectivity index is 1.73. The number of carbonyl (C=O) groups excluding carboxylic acids is 2. The molecule has 2 amide bonds. The van der Waals surface area contributed by atoms with Crippen LogP contribution in [0.25, 0.3) is 0 Å². The molecule has 1 aromatic heterocycles. The van der Waals surface area contributed by atoms with Crippen molar-refractivity contribution in [2.24, 2.45) is 5.73 Å². The van der Waals surface area contributed by atoms with Crippen LogP contribution in [0.3, 0.4) is 0 Å². The topological polar surface area (TPSA) is 97.1 Å². The van der Waals surface area contributed by atoms with Crippen LogP contribution in [-0.4, -0.2) is 27.9 Å². The second kappa shape index (κ2) is 8.10. The molecule has 0 radical (unpaired) electrons. The molecule has 1 fully saturated rings. The second-order valence-electron chi connectivity index (χ2n) is 8.05.